The molecule has 0 radical (unpaired) electrons. The molecule has 48 heavy (non-hydrogen) atoms. The first-order chi connectivity index (χ1) is 23.3. The van der Waals surface area contributed by atoms with Crippen LogP contribution in [0.3, 0.4) is 0 Å². The molecule has 1 aromatic heterocycles. The molecular weight excluding hydrogens is 599 g/mol. The maximum atomic E-state index is 2.61. The van der Waals surface area contributed by atoms with Gasteiger partial charge in [-0.15, -0.1) is 11.3 Å². The largest absolute Gasteiger partial charge is 0.308 e. The van der Waals surface area contributed by atoms with E-state index in [1.807, 2.05) is 11.3 Å². The standard InChI is InChI=1S/C46H35NS/c1-45(2)37-20-11-8-18-34(37)42-38(45)21-13-22-40(42)47(29-24-25-32-31-16-7-10-19-36(31)46(3,4)39(32)27-29)43-30-15-6-5-14-28(30)26-35-33-17-9-12-23-41(33)48-44(35)43/h5-27H,1-4H3. The summed E-state index contributed by atoms with van der Waals surface area (Å²) < 4.78 is 2.64. The highest BCUT2D eigenvalue weighted by molar-refractivity contribution is 7.26. The third-order valence-corrected chi connectivity index (χ3v) is 12.4. The van der Waals surface area contributed by atoms with Crippen LogP contribution in [0.2, 0.25) is 0 Å². The third-order valence-electron chi connectivity index (χ3n) is 11.2. The van der Waals surface area contributed by atoms with E-state index in [0.29, 0.717) is 0 Å². The lowest BCUT2D eigenvalue weighted by molar-refractivity contribution is 0.660. The number of thiophene rings is 1. The molecule has 0 spiro atoms. The average molecular weight is 634 g/mol. The van der Waals surface area contributed by atoms with E-state index in [0.717, 1.165) is 0 Å². The molecule has 2 heteroatoms. The topological polar surface area (TPSA) is 3.24 Å². The molecule has 1 heterocycles. The summed E-state index contributed by atoms with van der Waals surface area (Å²) in [6.07, 6.45) is 0. The van der Waals surface area contributed by atoms with Gasteiger partial charge >= 0.3 is 0 Å². The quantitative estimate of drug-likeness (QED) is 0.187. The fourth-order valence-corrected chi connectivity index (χ4v) is 10.1. The monoisotopic (exact) mass is 633 g/mol. The first kappa shape index (κ1) is 27.9. The lowest BCUT2D eigenvalue weighted by Gasteiger charge is -2.31. The van der Waals surface area contributed by atoms with Gasteiger partial charge in [-0.1, -0.05) is 137 Å². The van der Waals surface area contributed by atoms with Crippen molar-refractivity contribution in [2.75, 3.05) is 4.90 Å². The SMILES string of the molecule is CC1(C)c2ccccc2-c2ccc(N(c3cccc4c3-c3ccccc3C4(C)C)c3c4ccccc4cc4c3sc3ccccc34)cc21. The molecule has 0 amide bonds. The van der Waals surface area contributed by atoms with Gasteiger partial charge in [-0.05, 0) is 74.7 Å². The molecule has 0 fully saturated rings. The molecule has 8 aromatic rings. The fourth-order valence-electron chi connectivity index (χ4n) is 8.86. The summed E-state index contributed by atoms with van der Waals surface area (Å²) in [5.41, 5.74) is 14.4. The summed E-state index contributed by atoms with van der Waals surface area (Å²) >= 11 is 1.91. The highest BCUT2D eigenvalue weighted by atomic mass is 32.1. The predicted molar refractivity (Wildman–Crippen MR) is 207 cm³/mol. The second kappa shape index (κ2) is 9.69. The predicted octanol–water partition coefficient (Wildman–Crippen LogP) is 13.3. The molecule has 10 rings (SSSR count). The van der Waals surface area contributed by atoms with Crippen molar-refractivity contribution >= 4 is 59.3 Å². The van der Waals surface area contributed by atoms with Crippen LogP contribution in [0.5, 0.6) is 0 Å². The molecule has 2 aliphatic rings. The van der Waals surface area contributed by atoms with E-state index < -0.39 is 0 Å². The van der Waals surface area contributed by atoms with Crippen molar-refractivity contribution in [1.29, 1.82) is 0 Å². The first-order valence-corrected chi connectivity index (χ1v) is 17.8. The minimum atomic E-state index is -0.105. The zero-order valence-electron chi connectivity index (χ0n) is 27.6. The molecule has 0 unspecified atom stereocenters. The number of rotatable bonds is 3. The van der Waals surface area contributed by atoms with Crippen molar-refractivity contribution in [2.24, 2.45) is 0 Å². The van der Waals surface area contributed by atoms with Crippen molar-refractivity contribution in [1.82, 2.24) is 0 Å². The van der Waals surface area contributed by atoms with Gasteiger partial charge in [0.15, 0.2) is 0 Å². The van der Waals surface area contributed by atoms with Crippen molar-refractivity contribution in [3.8, 4) is 22.3 Å². The summed E-state index contributed by atoms with van der Waals surface area (Å²) in [6.45, 7) is 9.52. The molecular formula is C46H35NS. The molecule has 0 N–H and O–H groups in total. The average Bonchev–Trinajstić information content (AvgIpc) is 3.68. The van der Waals surface area contributed by atoms with Crippen molar-refractivity contribution in [3.05, 3.63) is 162 Å². The lowest BCUT2D eigenvalue weighted by atomic mass is 9.82. The zero-order chi connectivity index (χ0) is 32.4. The Balaban J connectivity index is 1.35. The van der Waals surface area contributed by atoms with Gasteiger partial charge in [0.05, 0.1) is 16.1 Å². The lowest BCUT2D eigenvalue weighted by Crippen LogP contribution is -2.18. The molecule has 0 bridgehead atoms. The first-order valence-electron chi connectivity index (χ1n) is 16.9. The van der Waals surface area contributed by atoms with Gasteiger partial charge in [0.1, 0.15) is 0 Å². The molecule has 0 saturated heterocycles. The van der Waals surface area contributed by atoms with Gasteiger partial charge in [0.2, 0.25) is 0 Å². The number of hydrogen-bond donors (Lipinski definition) is 0. The van der Waals surface area contributed by atoms with Crippen LogP contribution in [0.1, 0.15) is 49.9 Å². The van der Waals surface area contributed by atoms with E-state index in [2.05, 4.69) is 172 Å². The summed E-state index contributed by atoms with van der Waals surface area (Å²) in [6, 6.07) is 52.4. The Morgan fingerprint density at radius 1 is 0.479 bits per heavy atom. The Bertz CT molecular complexity index is 2630. The normalized spacial score (nSPS) is 15.0. The van der Waals surface area contributed by atoms with Crippen LogP contribution in [0.4, 0.5) is 17.1 Å². The van der Waals surface area contributed by atoms with Crippen LogP contribution >= 0.6 is 11.3 Å². The molecule has 0 saturated carbocycles. The van der Waals surface area contributed by atoms with Crippen molar-refractivity contribution in [3.63, 3.8) is 0 Å². The minimum absolute atomic E-state index is 0.0964. The minimum Gasteiger partial charge on any atom is -0.308 e. The third kappa shape index (κ3) is 3.61. The van der Waals surface area contributed by atoms with E-state index in [1.165, 1.54) is 92.5 Å². The smallest absolute Gasteiger partial charge is 0.0718 e. The number of hydrogen-bond acceptors (Lipinski definition) is 2. The molecule has 0 atom stereocenters. The maximum absolute atomic E-state index is 2.61. The van der Waals surface area contributed by atoms with E-state index in [1.54, 1.807) is 0 Å². The van der Waals surface area contributed by atoms with Gasteiger partial charge in [-0.3, -0.25) is 0 Å². The Morgan fingerprint density at radius 2 is 1.10 bits per heavy atom. The highest BCUT2D eigenvalue weighted by Crippen LogP contribution is 2.57. The second-order valence-corrected chi connectivity index (χ2v) is 15.6. The molecule has 7 aromatic carbocycles. The van der Waals surface area contributed by atoms with Gasteiger partial charge in [0.25, 0.3) is 0 Å². The highest BCUT2D eigenvalue weighted by Gasteiger charge is 2.39. The van der Waals surface area contributed by atoms with E-state index >= 15 is 0 Å². The van der Waals surface area contributed by atoms with Crippen LogP contribution in [-0.2, 0) is 10.8 Å². The molecule has 2 aliphatic carbocycles. The summed E-state index contributed by atoms with van der Waals surface area (Å²) in [5.74, 6) is 0. The Morgan fingerprint density at radius 3 is 1.94 bits per heavy atom. The van der Waals surface area contributed by atoms with Crippen LogP contribution in [0.15, 0.2) is 140 Å². The number of benzene rings is 7. The summed E-state index contributed by atoms with van der Waals surface area (Å²) in [5, 5.41) is 5.16. The van der Waals surface area contributed by atoms with E-state index in [-0.39, 0.29) is 10.8 Å². The maximum Gasteiger partial charge on any atom is 0.0718 e. The van der Waals surface area contributed by atoms with Gasteiger partial charge in [-0.2, -0.15) is 0 Å². The van der Waals surface area contributed by atoms with Crippen molar-refractivity contribution in [2.45, 2.75) is 38.5 Å². The number of fused-ring (bicyclic) bond motifs is 10. The van der Waals surface area contributed by atoms with Crippen LogP contribution < -0.4 is 4.90 Å². The van der Waals surface area contributed by atoms with E-state index in [4.69, 9.17) is 0 Å². The van der Waals surface area contributed by atoms with Crippen molar-refractivity contribution < 1.29 is 0 Å². The molecule has 0 aliphatic heterocycles. The molecule has 230 valence electrons. The Labute approximate surface area is 285 Å². The van der Waals surface area contributed by atoms with E-state index in [9.17, 15) is 0 Å². The van der Waals surface area contributed by atoms with Gasteiger partial charge < -0.3 is 4.90 Å². The van der Waals surface area contributed by atoms with Gasteiger partial charge in [0, 0.05) is 42.9 Å². The van der Waals surface area contributed by atoms with Gasteiger partial charge in [-0.25, -0.2) is 0 Å². The molecule has 1 nitrogen and oxygen atoms in total. The van der Waals surface area contributed by atoms with Crippen LogP contribution in [0, 0.1) is 0 Å². The Kier molecular flexibility index (Phi) is 5.63. The van der Waals surface area contributed by atoms with Crippen LogP contribution in [-0.4, -0.2) is 0 Å². The fraction of sp³-hybridized carbons (Fsp3) is 0.130. The Hall–Kier alpha value is -5.18. The number of anilines is 3. The number of nitrogens with zero attached hydrogens (tertiary/aromatic N) is 1. The van der Waals surface area contributed by atoms with Crippen LogP contribution in [0.25, 0.3) is 53.2 Å². The zero-order valence-corrected chi connectivity index (χ0v) is 28.5. The summed E-state index contributed by atoms with van der Waals surface area (Å²) in [7, 11) is 0. The second-order valence-electron chi connectivity index (χ2n) is 14.5. The summed E-state index contributed by atoms with van der Waals surface area (Å²) in [4.78, 5) is 2.61.